The van der Waals surface area contributed by atoms with Crippen LogP contribution >= 0.6 is 0 Å². The fourth-order valence-electron chi connectivity index (χ4n) is 1.31. The second kappa shape index (κ2) is 9.14. The Morgan fingerprint density at radius 2 is 0.750 bits per heavy atom. The first-order chi connectivity index (χ1) is 15.2. The molecule has 0 aliphatic heterocycles. The van der Waals surface area contributed by atoms with Crippen molar-refractivity contribution in [2.75, 3.05) is 0 Å². The molecule has 0 atom stereocenters. The quantitative estimate of drug-likeness (QED) is 0.173. The fraction of sp³-hybridized carbons (Fsp3) is 0.778. The molecule has 0 aliphatic rings. The molecule has 0 saturated heterocycles. The molecule has 7 nitrogen and oxygen atoms in total. The van der Waals surface area contributed by atoms with Crippen LogP contribution in [-0.4, -0.2) is 57.6 Å². The lowest BCUT2D eigenvalue weighted by Gasteiger charge is -2.39. The molecule has 0 bridgehead atoms. The number of alkyl halides is 13. The van der Waals surface area contributed by atoms with Crippen molar-refractivity contribution in [1.82, 2.24) is 0 Å². The summed E-state index contributed by atoms with van der Waals surface area (Å²) in [5.74, 6) is -8.09. The molecule has 27 heteroatoms. The number of halogens is 18. The van der Waals surface area contributed by atoms with Crippen molar-refractivity contribution in [3.05, 3.63) is 12.1 Å². The smallest absolute Gasteiger partial charge is 0.414 e. The van der Waals surface area contributed by atoms with E-state index in [1.807, 2.05) is 0 Å². The minimum atomic E-state index is -8.17. The summed E-state index contributed by atoms with van der Waals surface area (Å²) in [6, 6.07) is -4.51. The van der Waals surface area contributed by atoms with E-state index in [4.69, 9.17) is 0 Å². The standard InChI is InChI=1S/C9F18O7S2/c10-1(11)2(12)32-3(13,4(14,15)33-6(18,19)8(22,23)35(26,28)29)5(16,17)34-7(20,21)9(24,25)36(27,30)31. The lowest BCUT2D eigenvalue weighted by molar-refractivity contribution is -0.542. The molecule has 0 spiro atoms. The van der Waals surface area contributed by atoms with Crippen molar-refractivity contribution in [2.24, 2.45) is 0 Å². The molecule has 0 N–H and O–H groups in total. The third-order valence-electron chi connectivity index (χ3n) is 2.93. The van der Waals surface area contributed by atoms with Crippen LogP contribution in [0.5, 0.6) is 0 Å². The Bertz CT molecular complexity index is 1010. The average molecular weight is 626 g/mol. The van der Waals surface area contributed by atoms with Gasteiger partial charge in [-0.2, -0.15) is 87.1 Å². The van der Waals surface area contributed by atoms with Crippen LogP contribution in [-0.2, 0) is 34.7 Å². The molecule has 0 rings (SSSR count). The van der Waals surface area contributed by atoms with Gasteiger partial charge in [0.25, 0.3) is 0 Å². The number of rotatable bonds is 12. The zero-order valence-corrected chi connectivity index (χ0v) is 16.6. The fourth-order valence-corrected chi connectivity index (χ4v) is 1.96. The zero-order valence-electron chi connectivity index (χ0n) is 15.0. The molecule has 0 fully saturated rings. The highest BCUT2D eigenvalue weighted by molar-refractivity contribution is 7.87. The Morgan fingerprint density at radius 1 is 0.500 bits per heavy atom. The van der Waals surface area contributed by atoms with Crippen LogP contribution in [0.25, 0.3) is 0 Å². The van der Waals surface area contributed by atoms with Crippen LogP contribution in [0.3, 0.4) is 0 Å². The monoisotopic (exact) mass is 626 g/mol. The summed E-state index contributed by atoms with van der Waals surface area (Å²) < 4.78 is 277. The summed E-state index contributed by atoms with van der Waals surface area (Å²) in [6.07, 6.45) is -36.5. The highest BCUT2D eigenvalue weighted by atomic mass is 32.3. The van der Waals surface area contributed by atoms with Crippen LogP contribution in [0.15, 0.2) is 12.1 Å². The van der Waals surface area contributed by atoms with Gasteiger partial charge in [-0.25, -0.2) is 9.47 Å². The minimum Gasteiger partial charge on any atom is -0.414 e. The van der Waals surface area contributed by atoms with Crippen LogP contribution in [0, 0.1) is 0 Å². The molecule has 0 aliphatic carbocycles. The van der Waals surface area contributed by atoms with Gasteiger partial charge in [-0.15, -0.1) is 0 Å². The maximum atomic E-state index is 14.2. The molecule has 216 valence electrons. The van der Waals surface area contributed by atoms with E-state index in [1.54, 1.807) is 4.74 Å². The highest BCUT2D eigenvalue weighted by Crippen LogP contribution is 2.55. The first kappa shape index (κ1) is 34.1. The Kier molecular flexibility index (Phi) is 8.65. The van der Waals surface area contributed by atoms with E-state index in [0.717, 1.165) is 0 Å². The first-order valence-corrected chi connectivity index (χ1v) is 9.65. The van der Waals surface area contributed by atoms with Gasteiger partial charge in [-0.3, -0.25) is 0 Å². The van der Waals surface area contributed by atoms with Gasteiger partial charge in [0, 0.05) is 0 Å². The lowest BCUT2D eigenvalue weighted by atomic mass is 10.2. The number of hydrogen-bond donors (Lipinski definition) is 0. The average Bonchev–Trinajstić information content (AvgIpc) is 2.56. The largest absolute Gasteiger partial charge is 0.464 e. The van der Waals surface area contributed by atoms with Gasteiger partial charge < -0.3 is 4.74 Å². The summed E-state index contributed by atoms with van der Waals surface area (Å²) in [5.41, 5.74) is 0. The third kappa shape index (κ3) is 5.81. The van der Waals surface area contributed by atoms with Crippen molar-refractivity contribution >= 4 is 20.4 Å². The van der Waals surface area contributed by atoms with Crippen LogP contribution < -0.4 is 0 Å². The number of ether oxygens (including phenoxy) is 3. The van der Waals surface area contributed by atoms with E-state index >= 15 is 0 Å². The second-order valence-corrected chi connectivity index (χ2v) is 8.19. The van der Waals surface area contributed by atoms with Crippen molar-refractivity contribution in [2.45, 2.75) is 40.8 Å². The van der Waals surface area contributed by atoms with Gasteiger partial charge in [-0.05, 0) is 0 Å². The summed E-state index contributed by atoms with van der Waals surface area (Å²) in [4.78, 5) is 0. The van der Waals surface area contributed by atoms with E-state index < -0.39 is 73.3 Å². The maximum absolute atomic E-state index is 14.2. The molecule has 36 heavy (non-hydrogen) atoms. The normalized spacial score (nSPS) is 15.6. The third-order valence-corrected chi connectivity index (χ3v) is 4.63. The lowest BCUT2D eigenvalue weighted by Crippen LogP contribution is -2.66. The molecule has 0 aromatic carbocycles. The SMILES string of the molecule is O=S(=O)(F)C(F)(F)C(F)(F)OC(F)(F)C(F)(OC(F)=C(F)F)C(F)(F)OC(F)(F)C(F)(F)S(=O)(=O)F. The summed E-state index contributed by atoms with van der Waals surface area (Å²) >= 11 is 0. The Morgan fingerprint density at radius 3 is 0.944 bits per heavy atom. The van der Waals surface area contributed by atoms with Crippen LogP contribution in [0.4, 0.5) is 78.0 Å². The first-order valence-electron chi connectivity index (χ1n) is 6.88. The predicted molar refractivity (Wildman–Crippen MR) is 67.2 cm³/mol. The van der Waals surface area contributed by atoms with E-state index in [-0.39, 0.29) is 0 Å². The van der Waals surface area contributed by atoms with Gasteiger partial charge in [0.05, 0.1) is 0 Å². The zero-order chi connectivity index (χ0) is 29.8. The van der Waals surface area contributed by atoms with Gasteiger partial charge in [0.1, 0.15) is 0 Å². The predicted octanol–water partition coefficient (Wildman–Crippen LogP) is 4.89. The van der Waals surface area contributed by atoms with Crippen LogP contribution in [0.1, 0.15) is 0 Å². The molecular weight excluding hydrogens is 626 g/mol. The molecule has 0 amide bonds. The summed E-state index contributed by atoms with van der Waals surface area (Å²) in [6.45, 7) is 0. The highest BCUT2D eigenvalue weighted by Gasteiger charge is 2.84. The summed E-state index contributed by atoms with van der Waals surface area (Å²) in [5, 5.41) is -15.3. The second-order valence-electron chi connectivity index (χ2n) is 5.41. The molecule has 0 heterocycles. The van der Waals surface area contributed by atoms with Crippen molar-refractivity contribution in [3.8, 4) is 0 Å². The van der Waals surface area contributed by atoms with Gasteiger partial charge in [-0.1, -0.05) is 7.77 Å². The van der Waals surface area contributed by atoms with Gasteiger partial charge in [0.2, 0.25) is 0 Å². The van der Waals surface area contributed by atoms with E-state index in [1.165, 1.54) is 9.47 Å². The van der Waals surface area contributed by atoms with Crippen molar-refractivity contribution in [1.29, 1.82) is 0 Å². The maximum Gasteiger partial charge on any atom is 0.464 e. The van der Waals surface area contributed by atoms with Crippen LogP contribution in [0.2, 0.25) is 0 Å². The van der Waals surface area contributed by atoms with Gasteiger partial charge >= 0.3 is 73.3 Å². The van der Waals surface area contributed by atoms with Crippen molar-refractivity contribution < 1.29 is 109 Å². The molecule has 0 saturated carbocycles. The van der Waals surface area contributed by atoms with E-state index in [2.05, 4.69) is 0 Å². The number of hydrogen-bond acceptors (Lipinski definition) is 7. The Labute approximate surface area is 183 Å². The topological polar surface area (TPSA) is 96.0 Å². The molecular formula is C9F18O7S2. The van der Waals surface area contributed by atoms with E-state index in [0.29, 0.717) is 0 Å². The molecule has 0 aromatic heterocycles. The molecule has 0 radical (unpaired) electrons. The Hall–Kier alpha value is -1.90. The minimum absolute atomic E-state index is 1.26. The Balaban J connectivity index is 7.06. The summed E-state index contributed by atoms with van der Waals surface area (Å²) in [7, 11) is -16.3. The molecule has 0 unspecified atom stereocenters. The van der Waals surface area contributed by atoms with Gasteiger partial charge in [0.15, 0.2) is 0 Å². The molecule has 0 aromatic rings. The van der Waals surface area contributed by atoms with E-state index in [9.17, 15) is 94.9 Å². The van der Waals surface area contributed by atoms with Crippen molar-refractivity contribution in [3.63, 3.8) is 0 Å².